The summed E-state index contributed by atoms with van der Waals surface area (Å²) in [7, 11) is -3.43. The molecule has 0 saturated carbocycles. The van der Waals surface area contributed by atoms with Gasteiger partial charge in [-0.3, -0.25) is 4.72 Å². The lowest BCUT2D eigenvalue weighted by Gasteiger charge is -2.21. The highest BCUT2D eigenvalue weighted by atomic mass is 32.2. The van der Waals surface area contributed by atoms with Crippen molar-refractivity contribution in [3.63, 3.8) is 0 Å². The van der Waals surface area contributed by atoms with Gasteiger partial charge in [-0.1, -0.05) is 31.5 Å². The normalized spacial score (nSPS) is 12.5. The van der Waals surface area contributed by atoms with Gasteiger partial charge in [0, 0.05) is 17.7 Å². The van der Waals surface area contributed by atoms with Gasteiger partial charge in [-0.25, -0.2) is 8.42 Å². The molecule has 0 radical (unpaired) electrons. The van der Waals surface area contributed by atoms with E-state index in [1.54, 1.807) is 26.0 Å². The Morgan fingerprint density at radius 2 is 1.76 bits per heavy atom. The van der Waals surface area contributed by atoms with Crippen molar-refractivity contribution in [1.82, 2.24) is 0 Å². The van der Waals surface area contributed by atoms with E-state index in [0.717, 1.165) is 5.56 Å². The van der Waals surface area contributed by atoms with Gasteiger partial charge < -0.3 is 5.11 Å². The molecule has 0 amide bonds. The molecule has 0 spiro atoms. The predicted octanol–water partition coefficient (Wildman–Crippen LogP) is 1.76. The quantitative estimate of drug-likeness (QED) is 0.844. The minimum absolute atomic E-state index is 0.107. The molecule has 0 atom stereocenters. The first kappa shape index (κ1) is 14.0. The average Bonchev–Trinajstić information content (AvgIpc) is 2.20. The molecular formula is C12H19NO3S. The molecule has 0 fully saturated rings. The van der Waals surface area contributed by atoms with Crippen LogP contribution in [0.3, 0.4) is 0 Å². The molecule has 0 heterocycles. The van der Waals surface area contributed by atoms with Crippen molar-refractivity contribution in [2.24, 2.45) is 5.41 Å². The van der Waals surface area contributed by atoms with Gasteiger partial charge >= 0.3 is 0 Å². The van der Waals surface area contributed by atoms with Crippen molar-refractivity contribution in [3.8, 4) is 0 Å². The van der Waals surface area contributed by atoms with E-state index >= 15 is 0 Å². The molecule has 5 heteroatoms. The second-order valence-electron chi connectivity index (χ2n) is 5.05. The summed E-state index contributed by atoms with van der Waals surface area (Å²) in [6, 6.07) is 7.13. The number of hydrogen-bond acceptors (Lipinski definition) is 3. The van der Waals surface area contributed by atoms with Gasteiger partial charge in [0.1, 0.15) is 0 Å². The maximum absolute atomic E-state index is 11.8. The lowest BCUT2D eigenvalue weighted by molar-refractivity contribution is 0.179. The lowest BCUT2D eigenvalue weighted by Crippen LogP contribution is -2.31. The maximum atomic E-state index is 11.8. The molecule has 0 saturated heterocycles. The van der Waals surface area contributed by atoms with Gasteiger partial charge in [0.15, 0.2) is 0 Å². The number of aliphatic hydroxyl groups excluding tert-OH is 1. The van der Waals surface area contributed by atoms with Crippen LogP contribution in [-0.2, 0) is 10.0 Å². The van der Waals surface area contributed by atoms with Gasteiger partial charge in [0.05, 0.1) is 5.75 Å². The van der Waals surface area contributed by atoms with E-state index in [9.17, 15) is 8.42 Å². The third-order valence-electron chi connectivity index (χ3n) is 2.33. The SMILES string of the molecule is Cc1ccc(NS(=O)(=O)CC(C)(C)CO)cc1. The fourth-order valence-electron chi connectivity index (χ4n) is 1.40. The van der Waals surface area contributed by atoms with Gasteiger partial charge in [0.25, 0.3) is 0 Å². The van der Waals surface area contributed by atoms with E-state index in [4.69, 9.17) is 5.11 Å². The van der Waals surface area contributed by atoms with Crippen molar-refractivity contribution in [1.29, 1.82) is 0 Å². The molecular weight excluding hydrogens is 238 g/mol. The summed E-state index contributed by atoms with van der Waals surface area (Å²) in [5.41, 5.74) is 0.976. The average molecular weight is 257 g/mol. The molecule has 4 nitrogen and oxygen atoms in total. The Morgan fingerprint density at radius 3 is 2.24 bits per heavy atom. The van der Waals surface area contributed by atoms with Gasteiger partial charge in [0.2, 0.25) is 10.0 Å². The number of sulfonamides is 1. The Labute approximate surface area is 103 Å². The Bertz CT molecular complexity index is 463. The number of anilines is 1. The van der Waals surface area contributed by atoms with E-state index in [1.165, 1.54) is 0 Å². The van der Waals surface area contributed by atoms with E-state index in [2.05, 4.69) is 4.72 Å². The molecule has 0 aliphatic carbocycles. The summed E-state index contributed by atoms with van der Waals surface area (Å²) in [5, 5.41) is 9.07. The van der Waals surface area contributed by atoms with E-state index in [0.29, 0.717) is 5.69 Å². The number of benzene rings is 1. The minimum Gasteiger partial charge on any atom is -0.396 e. The fraction of sp³-hybridized carbons (Fsp3) is 0.500. The van der Waals surface area contributed by atoms with Crippen LogP contribution in [0, 0.1) is 12.3 Å². The van der Waals surface area contributed by atoms with Crippen LogP contribution >= 0.6 is 0 Å². The smallest absolute Gasteiger partial charge is 0.233 e. The van der Waals surface area contributed by atoms with E-state index < -0.39 is 15.4 Å². The number of rotatable bonds is 5. The molecule has 0 aliphatic rings. The van der Waals surface area contributed by atoms with Crippen molar-refractivity contribution in [3.05, 3.63) is 29.8 Å². The molecule has 2 N–H and O–H groups in total. The van der Waals surface area contributed by atoms with E-state index in [-0.39, 0.29) is 12.4 Å². The summed E-state index contributed by atoms with van der Waals surface area (Å²) >= 11 is 0. The predicted molar refractivity (Wildman–Crippen MR) is 69.5 cm³/mol. The molecule has 0 aromatic heterocycles. The number of aliphatic hydroxyl groups is 1. The summed E-state index contributed by atoms with van der Waals surface area (Å²) < 4.78 is 26.2. The van der Waals surface area contributed by atoms with E-state index in [1.807, 2.05) is 19.1 Å². The number of hydrogen-bond donors (Lipinski definition) is 2. The van der Waals surface area contributed by atoms with Crippen LogP contribution in [0.15, 0.2) is 24.3 Å². The first-order valence-electron chi connectivity index (χ1n) is 5.42. The summed E-state index contributed by atoms with van der Waals surface area (Å²) in [4.78, 5) is 0. The van der Waals surface area contributed by atoms with Crippen LogP contribution in [0.4, 0.5) is 5.69 Å². The highest BCUT2D eigenvalue weighted by molar-refractivity contribution is 7.92. The minimum atomic E-state index is -3.43. The number of nitrogens with one attached hydrogen (secondary N) is 1. The summed E-state index contributed by atoms with van der Waals surface area (Å²) in [6.45, 7) is 5.19. The highest BCUT2D eigenvalue weighted by Gasteiger charge is 2.25. The molecule has 0 aliphatic heterocycles. The molecule has 1 aromatic rings. The molecule has 1 aromatic carbocycles. The third kappa shape index (κ3) is 4.75. The van der Waals surface area contributed by atoms with Gasteiger partial charge in [-0.05, 0) is 19.1 Å². The lowest BCUT2D eigenvalue weighted by atomic mass is 9.98. The molecule has 0 unspecified atom stereocenters. The first-order valence-corrected chi connectivity index (χ1v) is 7.07. The second kappa shape index (κ2) is 5.06. The van der Waals surface area contributed by atoms with Crippen molar-refractivity contribution >= 4 is 15.7 Å². The van der Waals surface area contributed by atoms with Crippen molar-refractivity contribution in [2.45, 2.75) is 20.8 Å². The Balaban J connectivity index is 2.77. The third-order valence-corrected chi connectivity index (χ3v) is 4.04. The van der Waals surface area contributed by atoms with Crippen LogP contribution in [0.25, 0.3) is 0 Å². The van der Waals surface area contributed by atoms with Crippen LogP contribution in [-0.4, -0.2) is 25.9 Å². The zero-order valence-corrected chi connectivity index (χ0v) is 11.2. The zero-order chi connectivity index (χ0) is 13.1. The van der Waals surface area contributed by atoms with Gasteiger partial charge in [-0.15, -0.1) is 0 Å². The second-order valence-corrected chi connectivity index (χ2v) is 6.77. The molecule has 1 rings (SSSR count). The first-order chi connectivity index (χ1) is 7.74. The fourth-order valence-corrected chi connectivity index (χ4v) is 3.08. The van der Waals surface area contributed by atoms with Crippen LogP contribution in [0.1, 0.15) is 19.4 Å². The van der Waals surface area contributed by atoms with Crippen molar-refractivity contribution < 1.29 is 13.5 Å². The highest BCUT2D eigenvalue weighted by Crippen LogP contribution is 2.19. The van der Waals surface area contributed by atoms with Crippen LogP contribution < -0.4 is 4.72 Å². The topological polar surface area (TPSA) is 66.4 Å². The Kier molecular flexibility index (Phi) is 4.16. The van der Waals surface area contributed by atoms with Crippen LogP contribution in [0.2, 0.25) is 0 Å². The summed E-state index contributed by atoms with van der Waals surface area (Å²) in [5.74, 6) is -0.107. The zero-order valence-electron chi connectivity index (χ0n) is 10.4. The van der Waals surface area contributed by atoms with Crippen molar-refractivity contribution in [2.75, 3.05) is 17.1 Å². The molecule has 17 heavy (non-hydrogen) atoms. The molecule has 0 bridgehead atoms. The van der Waals surface area contributed by atoms with Gasteiger partial charge in [-0.2, -0.15) is 0 Å². The summed E-state index contributed by atoms with van der Waals surface area (Å²) in [6.07, 6.45) is 0. The molecule has 96 valence electrons. The largest absolute Gasteiger partial charge is 0.396 e. The standard InChI is InChI=1S/C12H19NO3S/c1-10-4-6-11(7-5-10)13-17(15,16)9-12(2,3)8-14/h4-7,13-14H,8-9H2,1-3H3. The number of aryl methyl sites for hydroxylation is 1. The Hall–Kier alpha value is -1.07. The Morgan fingerprint density at radius 1 is 1.24 bits per heavy atom. The monoisotopic (exact) mass is 257 g/mol. The van der Waals surface area contributed by atoms with Crippen LogP contribution in [0.5, 0.6) is 0 Å². The maximum Gasteiger partial charge on any atom is 0.233 e.